The SMILES string of the molecule is COc1ccccc1-c1nccc(COc2ccc(O)cc2C[C@@H](Oc2ncnc3sc(-c4ccc(F)cc4)c(-c4ccc(O[C@@H](CO)CN5CCN(C)CC5)c(Cl)c4C)c23)C(=O)O)n1. The molecule has 7 aromatic rings. The largest absolute Gasteiger partial charge is 0.508 e. The van der Waals surface area contributed by atoms with Crippen LogP contribution in [0.2, 0.25) is 5.02 Å². The Morgan fingerprint density at radius 3 is 2.45 bits per heavy atom. The maximum Gasteiger partial charge on any atom is 0.345 e. The zero-order chi connectivity index (χ0) is 45.6. The Labute approximate surface area is 383 Å². The molecular weight excluding hydrogens is 875 g/mol. The van der Waals surface area contributed by atoms with Crippen LogP contribution >= 0.6 is 22.9 Å². The summed E-state index contributed by atoms with van der Waals surface area (Å²) in [6, 6.07) is 23.1. The van der Waals surface area contributed by atoms with Gasteiger partial charge in [0.1, 0.15) is 52.7 Å². The van der Waals surface area contributed by atoms with Crippen molar-refractivity contribution in [2.45, 2.75) is 32.2 Å². The average molecular weight is 921 g/mol. The minimum Gasteiger partial charge on any atom is -0.508 e. The molecule has 0 aliphatic carbocycles. The van der Waals surface area contributed by atoms with E-state index < -0.39 is 24.0 Å². The summed E-state index contributed by atoms with van der Waals surface area (Å²) in [6.45, 7) is 5.71. The number of methoxy groups -OCH3 is 1. The molecule has 17 heteroatoms. The fourth-order valence-electron chi connectivity index (χ4n) is 7.68. The van der Waals surface area contributed by atoms with Crippen LogP contribution in [-0.4, -0.2) is 117 Å². The van der Waals surface area contributed by atoms with Gasteiger partial charge in [-0.1, -0.05) is 41.9 Å². The number of thiophene rings is 1. The van der Waals surface area contributed by atoms with E-state index in [2.05, 4.69) is 36.8 Å². The summed E-state index contributed by atoms with van der Waals surface area (Å²) in [4.78, 5) is 36.8. The highest BCUT2D eigenvalue weighted by atomic mass is 35.5. The smallest absolute Gasteiger partial charge is 0.345 e. The highest BCUT2D eigenvalue weighted by molar-refractivity contribution is 7.22. The predicted octanol–water partition coefficient (Wildman–Crippen LogP) is 7.94. The van der Waals surface area contributed by atoms with E-state index in [0.717, 1.165) is 26.2 Å². The van der Waals surface area contributed by atoms with Gasteiger partial charge in [0.2, 0.25) is 12.0 Å². The molecule has 65 heavy (non-hydrogen) atoms. The maximum atomic E-state index is 14.3. The molecule has 0 unspecified atom stereocenters. The molecule has 1 aliphatic rings. The van der Waals surface area contributed by atoms with E-state index in [9.17, 15) is 24.5 Å². The Morgan fingerprint density at radius 2 is 1.69 bits per heavy atom. The molecule has 2 atom stereocenters. The number of benzene rings is 4. The molecule has 4 heterocycles. The van der Waals surface area contributed by atoms with E-state index in [0.29, 0.717) is 88.8 Å². The molecule has 14 nitrogen and oxygen atoms in total. The number of nitrogens with zero attached hydrogens (tertiary/aromatic N) is 6. The van der Waals surface area contributed by atoms with E-state index >= 15 is 0 Å². The van der Waals surface area contributed by atoms with Gasteiger partial charge < -0.3 is 39.2 Å². The average Bonchev–Trinajstić information content (AvgIpc) is 3.71. The number of rotatable bonds is 17. The van der Waals surface area contributed by atoms with Crippen molar-refractivity contribution in [2.24, 2.45) is 0 Å². The van der Waals surface area contributed by atoms with Crippen LogP contribution in [-0.2, 0) is 17.8 Å². The lowest BCUT2D eigenvalue weighted by atomic mass is 9.96. The van der Waals surface area contributed by atoms with Crippen molar-refractivity contribution in [2.75, 3.05) is 53.5 Å². The van der Waals surface area contributed by atoms with Crippen molar-refractivity contribution < 1.29 is 43.5 Å². The number of carboxylic acids is 1. The molecule has 3 N–H and O–H groups in total. The third kappa shape index (κ3) is 10.3. The quantitative estimate of drug-likeness (QED) is 0.0804. The summed E-state index contributed by atoms with van der Waals surface area (Å²) in [5, 5.41) is 32.3. The molecule has 0 bridgehead atoms. The lowest BCUT2D eigenvalue weighted by molar-refractivity contribution is -0.145. The number of para-hydroxylation sites is 1. The lowest BCUT2D eigenvalue weighted by Gasteiger charge is -2.34. The summed E-state index contributed by atoms with van der Waals surface area (Å²) in [6.07, 6.45) is 0.625. The molecule has 336 valence electrons. The molecule has 4 aromatic carbocycles. The number of ether oxygens (including phenoxy) is 4. The van der Waals surface area contributed by atoms with E-state index in [4.69, 9.17) is 30.5 Å². The number of aliphatic hydroxyl groups excluding tert-OH is 1. The number of aliphatic carboxylic acids is 1. The molecule has 0 saturated carbocycles. The van der Waals surface area contributed by atoms with Crippen molar-refractivity contribution in [1.82, 2.24) is 29.7 Å². The third-order valence-corrected chi connectivity index (χ3v) is 12.8. The summed E-state index contributed by atoms with van der Waals surface area (Å²) in [5.41, 5.74) is 4.16. The van der Waals surface area contributed by atoms with Gasteiger partial charge in [-0.3, -0.25) is 4.90 Å². The number of fused-ring (bicyclic) bond motifs is 1. The first kappa shape index (κ1) is 45.1. The predicted molar refractivity (Wildman–Crippen MR) is 246 cm³/mol. The van der Waals surface area contributed by atoms with Crippen LogP contribution in [0.1, 0.15) is 16.8 Å². The molecule has 1 saturated heterocycles. The molecule has 0 radical (unpaired) electrons. The van der Waals surface area contributed by atoms with Crippen LogP contribution in [0.3, 0.4) is 0 Å². The number of likely N-dealkylation sites (N-methyl/N-ethyl adjacent to an activating group) is 1. The number of hydrogen-bond acceptors (Lipinski definition) is 14. The molecule has 1 aliphatic heterocycles. The standard InChI is InChI=1S/C48H46ClFN6O8S/c1-28-35(13-15-39(43(28)49)63-34(25-57)24-56-20-18-55(2)19-21-56)41-42-46(52-27-53-47(42)65-44(41)29-8-10-31(50)11-9-29)64-40(48(59)60)23-30-22-33(58)12-14-37(30)62-26-32-16-17-51-45(54-32)36-6-4-5-7-38(36)61-3/h4-17,22,27,34,40,57-58H,18-21,23-26H2,1-3H3,(H,59,60)/t34-,40-/m1/s1. The van der Waals surface area contributed by atoms with Crippen molar-refractivity contribution in [3.8, 4) is 61.8 Å². The van der Waals surface area contributed by atoms with Gasteiger partial charge in [-0.15, -0.1) is 11.3 Å². The summed E-state index contributed by atoms with van der Waals surface area (Å²) >= 11 is 8.39. The Morgan fingerprint density at radius 1 is 0.923 bits per heavy atom. The number of aliphatic hydroxyl groups is 1. The van der Waals surface area contributed by atoms with E-state index in [1.807, 2.05) is 37.3 Å². The summed E-state index contributed by atoms with van der Waals surface area (Å²) in [5.74, 6) is -0.0818. The molecule has 0 amide bonds. The first-order valence-electron chi connectivity index (χ1n) is 20.8. The third-order valence-electron chi connectivity index (χ3n) is 11.2. The number of aromatic nitrogens is 4. The summed E-state index contributed by atoms with van der Waals surface area (Å²) in [7, 11) is 3.65. The first-order valence-corrected chi connectivity index (χ1v) is 22.0. The number of piperazine rings is 1. The van der Waals surface area contributed by atoms with Crippen molar-refractivity contribution in [3.05, 3.63) is 125 Å². The minimum atomic E-state index is -1.52. The van der Waals surface area contributed by atoms with Crippen LogP contribution < -0.4 is 18.9 Å². The monoisotopic (exact) mass is 920 g/mol. The van der Waals surface area contributed by atoms with Gasteiger partial charge >= 0.3 is 5.97 Å². The maximum absolute atomic E-state index is 14.3. The highest BCUT2D eigenvalue weighted by Gasteiger charge is 2.29. The van der Waals surface area contributed by atoms with Gasteiger partial charge in [-0.05, 0) is 85.3 Å². The van der Waals surface area contributed by atoms with E-state index in [-0.39, 0.29) is 31.3 Å². The van der Waals surface area contributed by atoms with Crippen molar-refractivity contribution >= 4 is 39.1 Å². The summed E-state index contributed by atoms with van der Waals surface area (Å²) < 4.78 is 38.6. The Hall–Kier alpha value is -6.43. The second-order valence-corrected chi connectivity index (χ2v) is 16.9. The Bertz CT molecular complexity index is 2810. The topological polar surface area (TPSA) is 173 Å². The Kier molecular flexibility index (Phi) is 14.0. The molecule has 8 rings (SSSR count). The molecule has 0 spiro atoms. The van der Waals surface area contributed by atoms with Gasteiger partial charge in [0.15, 0.2) is 5.82 Å². The second kappa shape index (κ2) is 20.2. The zero-order valence-electron chi connectivity index (χ0n) is 35.8. The van der Waals surface area contributed by atoms with Crippen LogP contribution in [0.15, 0.2) is 97.5 Å². The number of phenolic OH excluding ortho intramolecular Hbond substituents is 1. The zero-order valence-corrected chi connectivity index (χ0v) is 37.4. The van der Waals surface area contributed by atoms with Crippen LogP contribution in [0.5, 0.6) is 28.9 Å². The normalized spacial score (nSPS) is 14.2. The number of halogens is 2. The van der Waals surface area contributed by atoms with E-state index in [1.165, 1.54) is 41.9 Å². The van der Waals surface area contributed by atoms with Crippen molar-refractivity contribution in [3.63, 3.8) is 0 Å². The highest BCUT2D eigenvalue weighted by Crippen LogP contribution is 2.49. The van der Waals surface area contributed by atoms with Crippen LogP contribution in [0.25, 0.3) is 43.2 Å². The van der Waals surface area contributed by atoms with Crippen LogP contribution in [0.4, 0.5) is 4.39 Å². The van der Waals surface area contributed by atoms with Gasteiger partial charge in [0.25, 0.3) is 0 Å². The van der Waals surface area contributed by atoms with Gasteiger partial charge in [-0.25, -0.2) is 29.1 Å². The number of phenols is 1. The number of carbonyl (C=O) groups is 1. The van der Waals surface area contributed by atoms with Gasteiger partial charge in [0, 0.05) is 61.3 Å². The Balaban J connectivity index is 1.11. The number of aromatic hydroxyl groups is 1. The minimum absolute atomic E-state index is 0.000650. The molecule has 3 aromatic heterocycles. The van der Waals surface area contributed by atoms with Crippen LogP contribution in [0, 0.1) is 12.7 Å². The number of hydrogen-bond donors (Lipinski definition) is 3. The lowest BCUT2D eigenvalue weighted by Crippen LogP contribution is -2.48. The van der Waals surface area contributed by atoms with Gasteiger partial charge in [-0.2, -0.15) is 0 Å². The second-order valence-electron chi connectivity index (χ2n) is 15.6. The first-order chi connectivity index (χ1) is 31.5. The van der Waals surface area contributed by atoms with Crippen molar-refractivity contribution in [1.29, 1.82) is 0 Å². The molecule has 1 fully saturated rings. The number of carboxylic acid groups (broad SMARTS) is 1. The van der Waals surface area contributed by atoms with Gasteiger partial charge in [0.05, 0.1) is 35.4 Å². The molecular formula is C48H46ClFN6O8S. The fourth-order valence-corrected chi connectivity index (χ4v) is 9.04. The fraction of sp³-hybridized carbons (Fsp3) is 0.271. The van der Waals surface area contributed by atoms with E-state index in [1.54, 1.807) is 43.6 Å².